The van der Waals surface area contributed by atoms with Gasteiger partial charge in [-0.2, -0.15) is 0 Å². The number of aliphatic hydroxyl groups is 1. The zero-order valence-corrected chi connectivity index (χ0v) is 18.2. The van der Waals surface area contributed by atoms with Crippen LogP contribution in [0.3, 0.4) is 0 Å². The van der Waals surface area contributed by atoms with E-state index in [-0.39, 0.29) is 24.8 Å². The van der Waals surface area contributed by atoms with Crippen molar-refractivity contribution in [1.82, 2.24) is 0 Å². The Morgan fingerprint density at radius 1 is 1.13 bits per heavy atom. The number of hydrogen-bond donors (Lipinski definition) is 1. The summed E-state index contributed by atoms with van der Waals surface area (Å²) in [5.74, 6) is 0.813. The summed E-state index contributed by atoms with van der Waals surface area (Å²) in [5.41, 5.74) is 3.40. The fraction of sp³-hybridized carbons (Fsp3) is 0.480. The van der Waals surface area contributed by atoms with Crippen LogP contribution in [0.1, 0.15) is 49.3 Å². The van der Waals surface area contributed by atoms with Gasteiger partial charge in [0.25, 0.3) is 0 Å². The third-order valence-corrected chi connectivity index (χ3v) is 5.23. The van der Waals surface area contributed by atoms with Gasteiger partial charge < -0.3 is 19.3 Å². The van der Waals surface area contributed by atoms with Crippen LogP contribution in [0.5, 0.6) is 11.5 Å². The Morgan fingerprint density at radius 3 is 2.52 bits per heavy atom. The SMILES string of the molecule is CCCc1cc(C)cc(CCCOc2ccc(F)cc2)c1OC[C@@H]1C[C@@H](O)CC(=O)O1. The molecule has 2 aromatic carbocycles. The molecule has 2 atom stereocenters. The second-order valence-electron chi connectivity index (χ2n) is 8.08. The van der Waals surface area contributed by atoms with Gasteiger partial charge in [0.05, 0.1) is 19.1 Å². The third kappa shape index (κ3) is 6.96. The molecule has 2 aromatic rings. The highest BCUT2D eigenvalue weighted by molar-refractivity contribution is 5.71. The van der Waals surface area contributed by atoms with E-state index in [1.54, 1.807) is 12.1 Å². The number of hydrogen-bond acceptors (Lipinski definition) is 5. The molecule has 1 heterocycles. The van der Waals surface area contributed by atoms with Crippen LogP contribution in [0.4, 0.5) is 4.39 Å². The highest BCUT2D eigenvalue weighted by atomic mass is 19.1. The Morgan fingerprint density at radius 2 is 1.84 bits per heavy atom. The lowest BCUT2D eigenvalue weighted by Crippen LogP contribution is -2.36. The molecule has 1 fully saturated rings. The number of carbonyl (C=O) groups is 1. The van der Waals surface area contributed by atoms with Crippen LogP contribution < -0.4 is 9.47 Å². The molecule has 1 aliphatic heterocycles. The lowest BCUT2D eigenvalue weighted by molar-refractivity contribution is -0.162. The number of cyclic esters (lactones) is 1. The minimum absolute atomic E-state index is 0.0431. The number of aliphatic hydroxyl groups excluding tert-OH is 1. The predicted molar refractivity (Wildman–Crippen MR) is 116 cm³/mol. The zero-order chi connectivity index (χ0) is 22.2. The molecule has 168 valence electrons. The molecule has 1 saturated heterocycles. The first-order valence-corrected chi connectivity index (χ1v) is 11.0. The summed E-state index contributed by atoms with van der Waals surface area (Å²) in [5, 5.41) is 9.84. The van der Waals surface area contributed by atoms with Gasteiger partial charge in [-0.25, -0.2) is 4.39 Å². The molecule has 6 heteroatoms. The number of ether oxygens (including phenoxy) is 3. The van der Waals surface area contributed by atoms with Crippen molar-refractivity contribution in [3.8, 4) is 11.5 Å². The average molecular weight is 431 g/mol. The first-order valence-electron chi connectivity index (χ1n) is 11.0. The van der Waals surface area contributed by atoms with Gasteiger partial charge in [-0.15, -0.1) is 0 Å². The van der Waals surface area contributed by atoms with Crippen LogP contribution in [0, 0.1) is 12.7 Å². The molecule has 5 nitrogen and oxygen atoms in total. The van der Waals surface area contributed by atoms with E-state index in [9.17, 15) is 14.3 Å². The summed E-state index contributed by atoms with van der Waals surface area (Å²) < 4.78 is 30.2. The molecule has 0 saturated carbocycles. The Balaban J connectivity index is 1.64. The first-order chi connectivity index (χ1) is 14.9. The summed E-state index contributed by atoms with van der Waals surface area (Å²) >= 11 is 0. The molecule has 0 unspecified atom stereocenters. The number of aryl methyl sites for hydroxylation is 3. The van der Waals surface area contributed by atoms with Crippen LogP contribution in [0.15, 0.2) is 36.4 Å². The first kappa shape index (κ1) is 23.1. The van der Waals surface area contributed by atoms with E-state index in [0.717, 1.165) is 42.6 Å². The largest absolute Gasteiger partial charge is 0.494 e. The molecular formula is C25H31FO5. The topological polar surface area (TPSA) is 65.0 Å². The number of halogens is 1. The van der Waals surface area contributed by atoms with Crippen molar-refractivity contribution >= 4 is 5.97 Å². The van der Waals surface area contributed by atoms with Gasteiger partial charge in [0.15, 0.2) is 0 Å². The van der Waals surface area contributed by atoms with Gasteiger partial charge in [-0.1, -0.05) is 31.0 Å². The zero-order valence-electron chi connectivity index (χ0n) is 18.2. The standard InChI is InChI=1S/C25H31FO5/c1-3-5-18-12-17(2)13-19(6-4-11-29-22-9-7-20(26)8-10-22)25(18)30-16-23-14-21(27)15-24(28)31-23/h7-10,12-13,21,23,27H,3-6,11,14-16H2,1-2H3/t21-,23+/m1/s1. The monoisotopic (exact) mass is 430 g/mol. The van der Waals surface area contributed by atoms with Gasteiger partial charge in [0.2, 0.25) is 0 Å². The minimum Gasteiger partial charge on any atom is -0.494 e. The molecule has 0 radical (unpaired) electrons. The molecule has 0 spiro atoms. The maximum absolute atomic E-state index is 13.0. The second kappa shape index (κ2) is 11.1. The van der Waals surface area contributed by atoms with Gasteiger partial charge in [-0.05, 0) is 61.6 Å². The number of esters is 1. The summed E-state index contributed by atoms with van der Waals surface area (Å²) in [4.78, 5) is 11.6. The highest BCUT2D eigenvalue weighted by Crippen LogP contribution is 2.30. The van der Waals surface area contributed by atoms with Crippen molar-refractivity contribution in [2.24, 2.45) is 0 Å². The molecule has 1 N–H and O–H groups in total. The molecule has 3 rings (SSSR count). The second-order valence-corrected chi connectivity index (χ2v) is 8.08. The van der Waals surface area contributed by atoms with Crippen LogP contribution in [0.2, 0.25) is 0 Å². The number of rotatable bonds is 10. The molecule has 31 heavy (non-hydrogen) atoms. The quantitative estimate of drug-likeness (QED) is 0.443. The maximum Gasteiger partial charge on any atom is 0.308 e. The fourth-order valence-electron chi connectivity index (χ4n) is 3.88. The summed E-state index contributed by atoms with van der Waals surface area (Å²) in [6.45, 7) is 4.93. The number of benzene rings is 2. The van der Waals surface area contributed by atoms with Crippen molar-refractivity contribution in [3.63, 3.8) is 0 Å². The maximum atomic E-state index is 13.0. The molecule has 0 amide bonds. The summed E-state index contributed by atoms with van der Waals surface area (Å²) in [6, 6.07) is 10.3. The minimum atomic E-state index is -0.675. The van der Waals surface area contributed by atoms with Crippen LogP contribution in [-0.4, -0.2) is 36.5 Å². The van der Waals surface area contributed by atoms with E-state index in [1.165, 1.54) is 17.7 Å². The van der Waals surface area contributed by atoms with Crippen molar-refractivity contribution in [1.29, 1.82) is 0 Å². The van der Waals surface area contributed by atoms with Crippen molar-refractivity contribution in [2.75, 3.05) is 13.2 Å². The Hall–Kier alpha value is -2.60. The van der Waals surface area contributed by atoms with E-state index in [0.29, 0.717) is 18.8 Å². The van der Waals surface area contributed by atoms with E-state index >= 15 is 0 Å². The summed E-state index contributed by atoms with van der Waals surface area (Å²) in [6.07, 6.45) is 2.74. The summed E-state index contributed by atoms with van der Waals surface area (Å²) in [7, 11) is 0. The van der Waals surface area contributed by atoms with Gasteiger partial charge in [0, 0.05) is 6.42 Å². The molecular weight excluding hydrogens is 399 g/mol. The van der Waals surface area contributed by atoms with E-state index in [4.69, 9.17) is 14.2 Å². The van der Waals surface area contributed by atoms with Gasteiger partial charge in [-0.3, -0.25) is 4.79 Å². The third-order valence-electron chi connectivity index (χ3n) is 5.23. The van der Waals surface area contributed by atoms with E-state index < -0.39 is 12.2 Å². The molecule has 0 aliphatic carbocycles. The predicted octanol–water partition coefficient (Wildman–Crippen LogP) is 4.54. The molecule has 0 aromatic heterocycles. The smallest absolute Gasteiger partial charge is 0.308 e. The van der Waals surface area contributed by atoms with Crippen molar-refractivity contribution < 1.29 is 28.5 Å². The highest BCUT2D eigenvalue weighted by Gasteiger charge is 2.28. The van der Waals surface area contributed by atoms with Crippen molar-refractivity contribution in [2.45, 2.75) is 64.6 Å². The lowest BCUT2D eigenvalue weighted by Gasteiger charge is -2.27. The normalized spacial score (nSPS) is 18.5. The fourth-order valence-corrected chi connectivity index (χ4v) is 3.88. The average Bonchev–Trinajstić information content (AvgIpc) is 2.71. The number of carbonyl (C=O) groups excluding carboxylic acids is 1. The Labute approximate surface area is 183 Å². The van der Waals surface area contributed by atoms with Gasteiger partial charge in [0.1, 0.15) is 30.0 Å². The van der Waals surface area contributed by atoms with Gasteiger partial charge >= 0.3 is 5.97 Å². The molecule has 1 aliphatic rings. The Kier molecular flexibility index (Phi) is 8.29. The molecule has 0 bridgehead atoms. The lowest BCUT2D eigenvalue weighted by atomic mass is 9.98. The van der Waals surface area contributed by atoms with Crippen LogP contribution in [0.25, 0.3) is 0 Å². The van der Waals surface area contributed by atoms with Crippen LogP contribution in [-0.2, 0) is 22.4 Å². The van der Waals surface area contributed by atoms with E-state index in [2.05, 4.69) is 26.0 Å². The van der Waals surface area contributed by atoms with Crippen molar-refractivity contribution in [3.05, 3.63) is 58.9 Å². The van der Waals surface area contributed by atoms with E-state index in [1.807, 2.05) is 0 Å². The Bertz CT molecular complexity index is 865. The van der Waals surface area contributed by atoms with Crippen LogP contribution >= 0.6 is 0 Å².